The fourth-order valence-corrected chi connectivity index (χ4v) is 3.35. The number of hydrazine groups is 1. The zero-order chi connectivity index (χ0) is 16.4. The lowest BCUT2D eigenvalue weighted by Gasteiger charge is -2.12. The van der Waals surface area contributed by atoms with Crippen molar-refractivity contribution in [2.75, 3.05) is 5.73 Å². The maximum absolute atomic E-state index is 6.10. The maximum Gasteiger partial charge on any atom is 0.0501 e. The molecule has 1 heterocycles. The minimum Gasteiger partial charge on any atom is -0.398 e. The highest BCUT2D eigenvalue weighted by molar-refractivity contribution is 5.63. The fourth-order valence-electron chi connectivity index (χ4n) is 3.35. The first-order valence-electron chi connectivity index (χ1n) is 8.32. The number of anilines is 1. The summed E-state index contributed by atoms with van der Waals surface area (Å²) in [4.78, 5) is 0. The standard InChI is InChI=1S/C21H21N3/c22-19-9-5-4-8-18(19)21-14-20(23-24-21)17-12-10-16(11-13-17)15-6-2-1-3-7-15/h1-13,20-21,23-24H,14,22H2. The molecule has 0 amide bonds. The molecule has 0 aromatic heterocycles. The molecule has 3 heteroatoms. The van der Waals surface area contributed by atoms with E-state index in [-0.39, 0.29) is 6.04 Å². The average Bonchev–Trinajstić information content (AvgIpc) is 3.13. The summed E-state index contributed by atoms with van der Waals surface area (Å²) in [5, 5.41) is 0. The van der Waals surface area contributed by atoms with Gasteiger partial charge in [-0.25, -0.2) is 10.9 Å². The van der Waals surface area contributed by atoms with Crippen molar-refractivity contribution in [3.63, 3.8) is 0 Å². The van der Waals surface area contributed by atoms with Crippen LogP contribution in [0.15, 0.2) is 78.9 Å². The number of para-hydroxylation sites is 1. The lowest BCUT2D eigenvalue weighted by molar-refractivity contribution is 0.555. The van der Waals surface area contributed by atoms with Crippen LogP contribution in [0.5, 0.6) is 0 Å². The monoisotopic (exact) mass is 315 g/mol. The predicted molar refractivity (Wildman–Crippen MR) is 99.1 cm³/mol. The van der Waals surface area contributed by atoms with Crippen LogP contribution in [-0.2, 0) is 0 Å². The molecule has 2 atom stereocenters. The smallest absolute Gasteiger partial charge is 0.0501 e. The molecule has 0 aliphatic carbocycles. The van der Waals surface area contributed by atoms with Crippen molar-refractivity contribution in [2.24, 2.45) is 0 Å². The first kappa shape index (κ1) is 14.9. The van der Waals surface area contributed by atoms with Crippen LogP contribution in [0.25, 0.3) is 11.1 Å². The van der Waals surface area contributed by atoms with Gasteiger partial charge in [-0.05, 0) is 34.7 Å². The number of rotatable bonds is 3. The maximum atomic E-state index is 6.10. The molecule has 3 aromatic rings. The van der Waals surface area contributed by atoms with Gasteiger partial charge in [-0.2, -0.15) is 0 Å². The van der Waals surface area contributed by atoms with Crippen molar-refractivity contribution in [3.05, 3.63) is 90.0 Å². The van der Waals surface area contributed by atoms with E-state index in [2.05, 4.69) is 65.4 Å². The van der Waals surface area contributed by atoms with Gasteiger partial charge in [0.05, 0.1) is 6.04 Å². The summed E-state index contributed by atoms with van der Waals surface area (Å²) in [5.41, 5.74) is 18.7. The van der Waals surface area contributed by atoms with Crippen LogP contribution in [0, 0.1) is 0 Å². The molecule has 120 valence electrons. The van der Waals surface area contributed by atoms with Gasteiger partial charge in [0.1, 0.15) is 0 Å². The van der Waals surface area contributed by atoms with Gasteiger partial charge in [0.2, 0.25) is 0 Å². The number of hydrogen-bond donors (Lipinski definition) is 3. The van der Waals surface area contributed by atoms with Crippen LogP contribution in [0.2, 0.25) is 0 Å². The molecule has 24 heavy (non-hydrogen) atoms. The van der Waals surface area contributed by atoms with E-state index in [1.54, 1.807) is 0 Å². The zero-order valence-electron chi connectivity index (χ0n) is 13.4. The average molecular weight is 315 g/mol. The van der Waals surface area contributed by atoms with Crippen molar-refractivity contribution in [1.29, 1.82) is 0 Å². The van der Waals surface area contributed by atoms with Crippen molar-refractivity contribution in [1.82, 2.24) is 10.9 Å². The fraction of sp³-hybridized carbons (Fsp3) is 0.143. The van der Waals surface area contributed by atoms with Crippen molar-refractivity contribution in [3.8, 4) is 11.1 Å². The molecule has 0 bridgehead atoms. The van der Waals surface area contributed by atoms with Crippen molar-refractivity contribution >= 4 is 5.69 Å². The third-order valence-electron chi connectivity index (χ3n) is 4.69. The van der Waals surface area contributed by atoms with E-state index in [0.717, 1.165) is 17.7 Å². The first-order chi connectivity index (χ1) is 11.8. The van der Waals surface area contributed by atoms with Crippen LogP contribution in [0.4, 0.5) is 5.69 Å². The third-order valence-corrected chi connectivity index (χ3v) is 4.69. The van der Waals surface area contributed by atoms with E-state index in [1.807, 2.05) is 24.3 Å². The van der Waals surface area contributed by atoms with Crippen LogP contribution in [0.3, 0.4) is 0 Å². The highest BCUT2D eigenvalue weighted by atomic mass is 15.4. The summed E-state index contributed by atoms with van der Waals surface area (Å²) in [6.45, 7) is 0. The molecule has 2 unspecified atom stereocenters. The molecule has 3 nitrogen and oxygen atoms in total. The zero-order valence-corrected chi connectivity index (χ0v) is 13.4. The van der Waals surface area contributed by atoms with Gasteiger partial charge in [0, 0.05) is 11.7 Å². The second-order valence-electron chi connectivity index (χ2n) is 6.25. The summed E-state index contributed by atoms with van der Waals surface area (Å²) in [7, 11) is 0. The second kappa shape index (κ2) is 6.48. The summed E-state index contributed by atoms with van der Waals surface area (Å²) >= 11 is 0. The molecule has 3 aromatic carbocycles. The highest BCUT2D eigenvalue weighted by Crippen LogP contribution is 2.33. The quantitative estimate of drug-likeness (QED) is 0.634. The Morgan fingerprint density at radius 2 is 1.29 bits per heavy atom. The number of nitrogens with one attached hydrogen (secondary N) is 2. The molecule has 1 aliphatic heterocycles. The molecule has 0 saturated carbocycles. The Labute approximate surface area is 142 Å². The van der Waals surface area contributed by atoms with Crippen molar-refractivity contribution < 1.29 is 0 Å². The lowest BCUT2D eigenvalue weighted by Crippen LogP contribution is -2.27. The number of nitrogens with two attached hydrogens (primary N) is 1. The molecule has 1 saturated heterocycles. The Kier molecular flexibility index (Phi) is 4.03. The second-order valence-corrected chi connectivity index (χ2v) is 6.25. The Morgan fingerprint density at radius 3 is 2.04 bits per heavy atom. The Bertz CT molecular complexity index is 812. The lowest BCUT2D eigenvalue weighted by atomic mass is 9.95. The predicted octanol–water partition coefficient (Wildman–Crippen LogP) is 4.22. The van der Waals surface area contributed by atoms with Crippen LogP contribution in [-0.4, -0.2) is 0 Å². The van der Waals surface area contributed by atoms with Gasteiger partial charge in [-0.3, -0.25) is 0 Å². The SMILES string of the molecule is Nc1ccccc1C1CC(c2ccc(-c3ccccc3)cc2)NN1. The van der Waals surface area contributed by atoms with Gasteiger partial charge in [0.25, 0.3) is 0 Å². The minimum atomic E-state index is 0.241. The number of nitrogen functional groups attached to an aromatic ring is 1. The number of benzene rings is 3. The van der Waals surface area contributed by atoms with Gasteiger partial charge in [-0.1, -0.05) is 72.8 Å². The Balaban J connectivity index is 1.50. The van der Waals surface area contributed by atoms with Gasteiger partial charge in [0.15, 0.2) is 0 Å². The van der Waals surface area contributed by atoms with Crippen LogP contribution < -0.4 is 16.6 Å². The van der Waals surface area contributed by atoms with E-state index in [9.17, 15) is 0 Å². The minimum absolute atomic E-state index is 0.241. The molecular weight excluding hydrogens is 294 g/mol. The molecule has 1 fully saturated rings. The van der Waals surface area contributed by atoms with E-state index in [4.69, 9.17) is 5.73 Å². The summed E-state index contributed by atoms with van der Waals surface area (Å²) in [5.74, 6) is 0. The van der Waals surface area contributed by atoms with E-state index in [0.29, 0.717) is 6.04 Å². The summed E-state index contributed by atoms with van der Waals surface area (Å²) in [6.07, 6.45) is 0.985. The molecule has 0 radical (unpaired) electrons. The van der Waals surface area contributed by atoms with E-state index in [1.165, 1.54) is 16.7 Å². The normalized spacial score (nSPS) is 20.2. The molecule has 0 spiro atoms. The van der Waals surface area contributed by atoms with Crippen molar-refractivity contribution in [2.45, 2.75) is 18.5 Å². The largest absolute Gasteiger partial charge is 0.398 e. The molecule has 4 N–H and O–H groups in total. The third kappa shape index (κ3) is 2.92. The van der Waals surface area contributed by atoms with E-state index >= 15 is 0 Å². The van der Waals surface area contributed by atoms with E-state index < -0.39 is 0 Å². The number of hydrogen-bond acceptors (Lipinski definition) is 3. The van der Waals surface area contributed by atoms with Gasteiger partial charge < -0.3 is 5.73 Å². The van der Waals surface area contributed by atoms with Crippen LogP contribution in [0.1, 0.15) is 29.6 Å². The summed E-state index contributed by atoms with van der Waals surface area (Å²) < 4.78 is 0. The van der Waals surface area contributed by atoms with Gasteiger partial charge in [-0.15, -0.1) is 0 Å². The molecular formula is C21H21N3. The summed E-state index contributed by atoms with van der Waals surface area (Å²) in [6, 6.07) is 27.8. The Hall–Kier alpha value is -2.62. The topological polar surface area (TPSA) is 50.1 Å². The Morgan fingerprint density at radius 1 is 0.667 bits per heavy atom. The molecule has 1 aliphatic rings. The van der Waals surface area contributed by atoms with Gasteiger partial charge >= 0.3 is 0 Å². The molecule has 4 rings (SSSR count). The first-order valence-corrected chi connectivity index (χ1v) is 8.32. The van der Waals surface area contributed by atoms with Crippen LogP contribution >= 0.6 is 0 Å². The highest BCUT2D eigenvalue weighted by Gasteiger charge is 2.27.